The van der Waals surface area contributed by atoms with E-state index in [0.29, 0.717) is 44.6 Å². The van der Waals surface area contributed by atoms with Gasteiger partial charge in [-0.25, -0.2) is 9.50 Å². The zero-order chi connectivity index (χ0) is 24.2. The Kier molecular flexibility index (Phi) is 7.62. The Morgan fingerprint density at radius 3 is 2.64 bits per heavy atom. The number of cyclic esters (lactones) is 1. The Bertz CT molecular complexity index is 1010. The van der Waals surface area contributed by atoms with Crippen LogP contribution in [-0.2, 0) is 25.5 Å². The number of fused-ring (bicyclic) bond motifs is 1. The van der Waals surface area contributed by atoms with Gasteiger partial charge in [-0.05, 0) is 52.8 Å². The molecule has 33 heavy (non-hydrogen) atoms. The molecule has 0 aromatic carbocycles. The van der Waals surface area contributed by atoms with Gasteiger partial charge >= 0.3 is 5.97 Å². The minimum atomic E-state index is -0.410. The summed E-state index contributed by atoms with van der Waals surface area (Å²) in [6, 6.07) is 0. The summed E-state index contributed by atoms with van der Waals surface area (Å²) in [6.07, 6.45) is 4.62. The molecular formula is C22H32N6O5. The number of carboxylic acid groups (broad SMARTS) is 1. The largest absolute Gasteiger partial charge is 0.483 e. The number of carbonyl (C=O) groups excluding carboxylic acids is 2. The first kappa shape index (κ1) is 24.6. The second kappa shape index (κ2) is 10.2. The molecule has 1 spiro atoms. The highest BCUT2D eigenvalue weighted by Gasteiger charge is 2.50. The normalized spacial score (nSPS) is 19.5. The Labute approximate surface area is 192 Å². The van der Waals surface area contributed by atoms with Crippen LogP contribution in [0.5, 0.6) is 0 Å². The van der Waals surface area contributed by atoms with Crippen LogP contribution in [0.25, 0.3) is 5.78 Å². The average molecular weight is 461 g/mol. The molecule has 0 aliphatic carbocycles. The maximum absolute atomic E-state index is 12.9. The molecule has 2 saturated heterocycles. The fourth-order valence-electron chi connectivity index (χ4n) is 4.85. The van der Waals surface area contributed by atoms with Crippen LogP contribution in [0.4, 0.5) is 0 Å². The molecule has 0 radical (unpaired) electrons. The van der Waals surface area contributed by atoms with Gasteiger partial charge in [-0.1, -0.05) is 0 Å². The van der Waals surface area contributed by atoms with Crippen molar-refractivity contribution in [3.8, 4) is 0 Å². The number of likely N-dealkylation sites (N-methyl/N-ethyl adjacent to an activating group) is 1. The molecule has 0 saturated carbocycles. The van der Waals surface area contributed by atoms with Crippen molar-refractivity contribution in [2.75, 3.05) is 33.7 Å². The molecule has 2 aliphatic heterocycles. The lowest BCUT2D eigenvalue weighted by Crippen LogP contribution is -2.45. The van der Waals surface area contributed by atoms with E-state index in [1.807, 2.05) is 37.7 Å². The monoisotopic (exact) mass is 460 g/mol. The molecule has 1 amide bonds. The highest BCUT2D eigenvalue weighted by Crippen LogP contribution is 2.43. The number of aryl methyl sites for hydroxylation is 2. The number of amides is 1. The summed E-state index contributed by atoms with van der Waals surface area (Å²) < 4.78 is 7.33. The van der Waals surface area contributed by atoms with Crippen molar-refractivity contribution in [2.45, 2.75) is 52.1 Å². The van der Waals surface area contributed by atoms with Gasteiger partial charge < -0.3 is 19.6 Å². The van der Waals surface area contributed by atoms with Gasteiger partial charge in [0.25, 0.3) is 12.2 Å². The smallest absolute Gasteiger partial charge is 0.312 e. The predicted molar refractivity (Wildman–Crippen MR) is 119 cm³/mol. The number of likely N-dealkylation sites (tertiary alicyclic amines) is 1. The molecule has 4 rings (SSSR count). The molecule has 4 heterocycles. The summed E-state index contributed by atoms with van der Waals surface area (Å²) in [5.74, 6) is 0.621. The molecule has 1 unspecified atom stereocenters. The zero-order valence-electron chi connectivity index (χ0n) is 19.7. The van der Waals surface area contributed by atoms with Crippen LogP contribution in [0.1, 0.15) is 42.6 Å². The molecule has 11 heteroatoms. The Morgan fingerprint density at radius 1 is 1.33 bits per heavy atom. The van der Waals surface area contributed by atoms with E-state index in [2.05, 4.69) is 15.1 Å². The summed E-state index contributed by atoms with van der Waals surface area (Å²) in [5.41, 5.74) is 2.49. The van der Waals surface area contributed by atoms with Crippen molar-refractivity contribution in [1.82, 2.24) is 29.4 Å². The van der Waals surface area contributed by atoms with E-state index in [4.69, 9.17) is 14.6 Å². The Hall–Kier alpha value is -3.08. The van der Waals surface area contributed by atoms with Gasteiger partial charge in [0.05, 0.1) is 5.41 Å². The van der Waals surface area contributed by atoms with Crippen molar-refractivity contribution in [3.63, 3.8) is 0 Å². The third kappa shape index (κ3) is 5.29. The molecule has 2 aliphatic rings. The van der Waals surface area contributed by atoms with Gasteiger partial charge in [0.2, 0.25) is 5.91 Å². The predicted octanol–water partition coefficient (Wildman–Crippen LogP) is 0.860. The summed E-state index contributed by atoms with van der Waals surface area (Å²) in [7, 11) is 3.97. The third-order valence-corrected chi connectivity index (χ3v) is 6.54. The van der Waals surface area contributed by atoms with E-state index in [1.165, 1.54) is 6.33 Å². The SMILES string of the molecule is Cc1nc2ncnn2c(C)c1CCC(=O)N1CCC2(CC1)CC(CN(C)C)OC2=O.O=CO. The van der Waals surface area contributed by atoms with Crippen LogP contribution >= 0.6 is 0 Å². The molecule has 180 valence electrons. The van der Waals surface area contributed by atoms with Crippen LogP contribution in [0.3, 0.4) is 0 Å². The first-order valence-electron chi connectivity index (χ1n) is 11.1. The first-order valence-corrected chi connectivity index (χ1v) is 11.1. The number of esters is 1. The summed E-state index contributed by atoms with van der Waals surface area (Å²) >= 11 is 0. The lowest BCUT2D eigenvalue weighted by Gasteiger charge is -2.36. The van der Waals surface area contributed by atoms with Gasteiger partial charge in [-0.3, -0.25) is 14.4 Å². The molecule has 2 aromatic heterocycles. The Morgan fingerprint density at radius 2 is 2.00 bits per heavy atom. The van der Waals surface area contributed by atoms with Gasteiger partial charge in [-0.15, -0.1) is 0 Å². The highest BCUT2D eigenvalue weighted by atomic mass is 16.6. The van der Waals surface area contributed by atoms with Gasteiger partial charge in [0.1, 0.15) is 12.4 Å². The fraction of sp³-hybridized carbons (Fsp3) is 0.636. The number of nitrogens with zero attached hydrogens (tertiary/aromatic N) is 6. The molecule has 1 N–H and O–H groups in total. The van der Waals surface area contributed by atoms with E-state index in [9.17, 15) is 9.59 Å². The maximum atomic E-state index is 12.9. The number of piperidine rings is 1. The maximum Gasteiger partial charge on any atom is 0.312 e. The number of rotatable bonds is 5. The van der Waals surface area contributed by atoms with E-state index < -0.39 is 5.41 Å². The second-order valence-electron chi connectivity index (χ2n) is 8.99. The number of hydrogen-bond acceptors (Lipinski definition) is 8. The zero-order valence-corrected chi connectivity index (χ0v) is 19.7. The van der Waals surface area contributed by atoms with Gasteiger partial charge in [0.15, 0.2) is 0 Å². The van der Waals surface area contributed by atoms with Crippen molar-refractivity contribution in [2.24, 2.45) is 5.41 Å². The second-order valence-corrected chi connectivity index (χ2v) is 8.99. The fourth-order valence-corrected chi connectivity index (χ4v) is 4.85. The number of hydrogen-bond donors (Lipinski definition) is 1. The quantitative estimate of drug-likeness (QED) is 0.510. The molecule has 2 aromatic rings. The Balaban J connectivity index is 0.000000968. The summed E-state index contributed by atoms with van der Waals surface area (Å²) in [6.45, 7) is 5.65. The van der Waals surface area contributed by atoms with E-state index in [-0.39, 0.29) is 24.5 Å². The van der Waals surface area contributed by atoms with E-state index in [0.717, 1.165) is 29.9 Å². The highest BCUT2D eigenvalue weighted by molar-refractivity contribution is 5.81. The van der Waals surface area contributed by atoms with Crippen LogP contribution in [0.15, 0.2) is 6.33 Å². The van der Waals surface area contributed by atoms with Crippen molar-refractivity contribution < 1.29 is 24.2 Å². The number of ether oxygens (including phenoxy) is 1. The summed E-state index contributed by atoms with van der Waals surface area (Å²) in [5, 5.41) is 11.1. The average Bonchev–Trinajstić information content (AvgIpc) is 3.33. The lowest BCUT2D eigenvalue weighted by molar-refractivity contribution is -0.152. The minimum Gasteiger partial charge on any atom is -0.483 e. The van der Waals surface area contributed by atoms with Crippen LogP contribution < -0.4 is 0 Å². The number of carbonyl (C=O) groups is 3. The van der Waals surface area contributed by atoms with E-state index in [1.54, 1.807) is 4.52 Å². The third-order valence-electron chi connectivity index (χ3n) is 6.54. The minimum absolute atomic E-state index is 0.0418. The van der Waals surface area contributed by atoms with Gasteiger partial charge in [0, 0.05) is 43.9 Å². The van der Waals surface area contributed by atoms with Gasteiger partial charge in [-0.2, -0.15) is 10.1 Å². The summed E-state index contributed by atoms with van der Waals surface area (Å²) in [4.78, 5) is 46.3. The molecule has 1 atom stereocenters. The van der Waals surface area contributed by atoms with Crippen LogP contribution in [-0.4, -0.2) is 92.7 Å². The topological polar surface area (TPSA) is 130 Å². The number of aromatic nitrogens is 4. The van der Waals surface area contributed by atoms with Crippen LogP contribution in [0.2, 0.25) is 0 Å². The van der Waals surface area contributed by atoms with Crippen LogP contribution in [0, 0.1) is 19.3 Å². The first-order chi connectivity index (χ1) is 15.7. The standard InChI is InChI=1S/C21H30N6O3.CH2O2/c1-14-17(15(2)27-20(24-14)22-13-23-27)5-6-18(28)26-9-7-21(8-10-26)11-16(12-25(3)4)30-19(21)29;2-1-3/h13,16H,5-12H2,1-4H3;1H,(H,2,3). The molecule has 11 nitrogen and oxygen atoms in total. The van der Waals surface area contributed by atoms with Crippen molar-refractivity contribution in [1.29, 1.82) is 0 Å². The van der Waals surface area contributed by atoms with Crippen molar-refractivity contribution in [3.05, 3.63) is 23.3 Å². The molecule has 2 fully saturated rings. The van der Waals surface area contributed by atoms with Crippen molar-refractivity contribution >= 4 is 24.1 Å². The molecule has 0 bridgehead atoms. The molecular weight excluding hydrogens is 428 g/mol. The lowest BCUT2D eigenvalue weighted by atomic mass is 9.76. The van der Waals surface area contributed by atoms with E-state index >= 15 is 0 Å².